The standard InChI is InChI=1S/C26H28ClF3N6O/c1-15-6-8-20(16(2)31-15)26(37,22-14-34(3)33-35(22)4)17-7-9-21-18(12-17)23(27)19(13-25(28,29)30)24(32-21)36-10-5-11-36/h6-9,12,14,33,37H,5,10-11,13H2,1-4H3. The molecule has 2 aromatic heterocycles. The van der Waals surface area contributed by atoms with E-state index >= 15 is 0 Å². The summed E-state index contributed by atoms with van der Waals surface area (Å²) in [5, 5.41) is 16.2. The molecule has 0 spiro atoms. The number of benzene rings is 1. The molecule has 1 aromatic carbocycles. The minimum absolute atomic E-state index is 0.00354. The van der Waals surface area contributed by atoms with E-state index in [4.69, 9.17) is 11.6 Å². The zero-order valence-corrected chi connectivity index (χ0v) is 21.7. The van der Waals surface area contributed by atoms with Crippen LogP contribution >= 0.6 is 11.6 Å². The lowest BCUT2D eigenvalue weighted by molar-refractivity contribution is -0.127. The van der Waals surface area contributed by atoms with Crippen molar-refractivity contribution in [2.75, 3.05) is 32.1 Å². The third kappa shape index (κ3) is 4.47. The van der Waals surface area contributed by atoms with Crippen LogP contribution in [0.5, 0.6) is 0 Å². The van der Waals surface area contributed by atoms with Crippen molar-refractivity contribution in [2.24, 2.45) is 0 Å². The Kier molecular flexibility index (Phi) is 6.24. The Balaban J connectivity index is 1.75. The molecule has 0 saturated carbocycles. The smallest absolute Gasteiger partial charge is 0.374 e. The van der Waals surface area contributed by atoms with E-state index in [1.54, 1.807) is 48.5 Å². The quantitative estimate of drug-likeness (QED) is 0.498. The van der Waals surface area contributed by atoms with Gasteiger partial charge in [0.15, 0.2) is 5.60 Å². The summed E-state index contributed by atoms with van der Waals surface area (Å²) in [5.74, 6) is 0.270. The van der Waals surface area contributed by atoms with Gasteiger partial charge >= 0.3 is 6.18 Å². The number of nitrogens with one attached hydrogen (secondary N) is 1. The molecule has 0 aliphatic carbocycles. The van der Waals surface area contributed by atoms with E-state index in [1.165, 1.54) is 0 Å². The SMILES string of the molecule is Cc1ccc(C(O)(C2=CN(C)NN2C)c2ccc3nc(N4CCC4)c(CC(F)(F)F)c(Cl)c3c2)c(C)n1. The highest BCUT2D eigenvalue weighted by molar-refractivity contribution is 6.36. The second kappa shape index (κ2) is 9.04. The molecule has 1 atom stereocenters. The Morgan fingerprint density at radius 3 is 2.38 bits per heavy atom. The summed E-state index contributed by atoms with van der Waals surface area (Å²) in [6.07, 6.45) is -2.98. The van der Waals surface area contributed by atoms with Gasteiger partial charge < -0.3 is 10.0 Å². The van der Waals surface area contributed by atoms with Crippen LogP contribution in [0.15, 0.2) is 42.2 Å². The summed E-state index contributed by atoms with van der Waals surface area (Å²) in [6.45, 7) is 4.96. The van der Waals surface area contributed by atoms with Gasteiger partial charge in [0.2, 0.25) is 0 Å². The first kappa shape index (κ1) is 25.6. The summed E-state index contributed by atoms with van der Waals surface area (Å²) < 4.78 is 40.7. The van der Waals surface area contributed by atoms with Crippen molar-refractivity contribution in [1.29, 1.82) is 0 Å². The molecule has 37 heavy (non-hydrogen) atoms. The molecule has 1 saturated heterocycles. The Hall–Kier alpha value is -3.08. The Labute approximate surface area is 218 Å². The number of alkyl halides is 3. The molecule has 2 aliphatic rings. The summed E-state index contributed by atoms with van der Waals surface area (Å²) >= 11 is 6.70. The van der Waals surface area contributed by atoms with Crippen LogP contribution in [-0.2, 0) is 12.0 Å². The highest BCUT2D eigenvalue weighted by atomic mass is 35.5. The zero-order chi connectivity index (χ0) is 26.7. The molecule has 1 fully saturated rings. The predicted molar refractivity (Wildman–Crippen MR) is 137 cm³/mol. The Morgan fingerprint density at radius 1 is 1.08 bits per heavy atom. The normalized spacial score (nSPS) is 17.8. The number of hydrogen-bond donors (Lipinski definition) is 2. The first-order chi connectivity index (χ1) is 17.4. The molecule has 4 heterocycles. The number of hydrogen-bond acceptors (Lipinski definition) is 7. The van der Waals surface area contributed by atoms with Crippen molar-refractivity contribution in [1.82, 2.24) is 25.5 Å². The van der Waals surface area contributed by atoms with E-state index in [0.717, 1.165) is 12.1 Å². The fourth-order valence-electron chi connectivity index (χ4n) is 5.06. The van der Waals surface area contributed by atoms with Gasteiger partial charge in [0.1, 0.15) is 5.82 Å². The highest BCUT2D eigenvalue weighted by Gasteiger charge is 2.43. The summed E-state index contributed by atoms with van der Waals surface area (Å²) in [7, 11) is 3.57. The van der Waals surface area contributed by atoms with Crippen LogP contribution in [0.1, 0.15) is 34.5 Å². The van der Waals surface area contributed by atoms with Crippen molar-refractivity contribution in [2.45, 2.75) is 38.5 Å². The van der Waals surface area contributed by atoms with Crippen LogP contribution < -0.4 is 10.4 Å². The molecule has 0 bridgehead atoms. The zero-order valence-electron chi connectivity index (χ0n) is 21.0. The number of likely N-dealkylation sites (N-methyl/N-ethyl adjacent to an activating group) is 1. The highest BCUT2D eigenvalue weighted by Crippen LogP contribution is 2.44. The molecule has 5 rings (SSSR count). The summed E-state index contributed by atoms with van der Waals surface area (Å²) in [5.41, 5.74) is 4.73. The Bertz CT molecular complexity index is 1410. The largest absolute Gasteiger partial charge is 0.393 e. The molecule has 11 heteroatoms. The third-order valence-corrected chi connectivity index (χ3v) is 7.35. The van der Waals surface area contributed by atoms with Crippen LogP contribution in [0.25, 0.3) is 10.9 Å². The molecule has 196 valence electrons. The second-order valence-corrected chi connectivity index (χ2v) is 10.1. The number of aryl methyl sites for hydroxylation is 2. The van der Waals surface area contributed by atoms with E-state index in [0.29, 0.717) is 46.5 Å². The lowest BCUT2D eigenvalue weighted by Gasteiger charge is -2.35. The van der Waals surface area contributed by atoms with Gasteiger partial charge in [-0.3, -0.25) is 15.0 Å². The molecule has 3 aromatic rings. The maximum absolute atomic E-state index is 13.6. The number of fused-ring (bicyclic) bond motifs is 1. The monoisotopic (exact) mass is 532 g/mol. The van der Waals surface area contributed by atoms with Gasteiger partial charge in [0.25, 0.3) is 0 Å². The number of aliphatic hydroxyl groups is 1. The van der Waals surface area contributed by atoms with Gasteiger partial charge in [-0.1, -0.05) is 23.7 Å². The second-order valence-electron chi connectivity index (χ2n) is 9.67. The molecular weight excluding hydrogens is 505 g/mol. The number of rotatable bonds is 5. The number of hydrazine groups is 2. The number of aromatic nitrogens is 2. The molecular formula is C26H28ClF3N6O. The van der Waals surface area contributed by atoms with E-state index < -0.39 is 18.2 Å². The van der Waals surface area contributed by atoms with Crippen molar-refractivity contribution >= 4 is 28.3 Å². The summed E-state index contributed by atoms with van der Waals surface area (Å²) in [4.78, 5) is 11.0. The van der Waals surface area contributed by atoms with Crippen LogP contribution in [0.3, 0.4) is 0 Å². The third-order valence-electron chi connectivity index (χ3n) is 6.92. The molecule has 0 radical (unpaired) electrons. The lowest BCUT2D eigenvalue weighted by Crippen LogP contribution is -2.42. The lowest BCUT2D eigenvalue weighted by atomic mass is 9.82. The van der Waals surface area contributed by atoms with E-state index in [1.807, 2.05) is 30.9 Å². The van der Waals surface area contributed by atoms with Crippen molar-refractivity contribution in [3.05, 3.63) is 75.3 Å². The van der Waals surface area contributed by atoms with Gasteiger partial charge in [-0.15, -0.1) is 5.53 Å². The number of anilines is 1. The minimum Gasteiger partial charge on any atom is -0.374 e. The van der Waals surface area contributed by atoms with Crippen LogP contribution in [-0.4, -0.2) is 58.5 Å². The van der Waals surface area contributed by atoms with Crippen LogP contribution in [0.4, 0.5) is 19.0 Å². The van der Waals surface area contributed by atoms with E-state index in [2.05, 4.69) is 15.5 Å². The predicted octanol–water partition coefficient (Wildman–Crippen LogP) is 4.59. The van der Waals surface area contributed by atoms with Gasteiger partial charge in [0, 0.05) is 61.3 Å². The molecule has 2 aliphatic heterocycles. The van der Waals surface area contributed by atoms with Crippen molar-refractivity contribution in [3.8, 4) is 0 Å². The van der Waals surface area contributed by atoms with Crippen LogP contribution in [0, 0.1) is 13.8 Å². The fraction of sp³-hybridized carbons (Fsp3) is 0.385. The fourth-order valence-corrected chi connectivity index (χ4v) is 5.36. The minimum atomic E-state index is -4.45. The van der Waals surface area contributed by atoms with E-state index in [9.17, 15) is 18.3 Å². The van der Waals surface area contributed by atoms with Crippen LogP contribution in [0.2, 0.25) is 5.02 Å². The summed E-state index contributed by atoms with van der Waals surface area (Å²) in [6, 6.07) is 8.71. The average Bonchev–Trinajstić information content (AvgIpc) is 3.12. The average molecular weight is 533 g/mol. The number of nitrogens with zero attached hydrogens (tertiary/aromatic N) is 5. The van der Waals surface area contributed by atoms with Gasteiger partial charge in [-0.2, -0.15) is 13.2 Å². The Morgan fingerprint density at radius 2 is 1.81 bits per heavy atom. The number of pyridine rings is 2. The topological polar surface area (TPSA) is 67.8 Å². The van der Waals surface area contributed by atoms with Gasteiger partial charge in [-0.25, -0.2) is 4.98 Å². The van der Waals surface area contributed by atoms with E-state index in [-0.39, 0.29) is 16.4 Å². The molecule has 2 N–H and O–H groups in total. The number of halogens is 4. The van der Waals surface area contributed by atoms with Crippen molar-refractivity contribution in [3.63, 3.8) is 0 Å². The maximum atomic E-state index is 13.6. The molecule has 1 unspecified atom stereocenters. The maximum Gasteiger partial charge on any atom is 0.393 e. The molecule has 0 amide bonds. The first-order valence-electron chi connectivity index (χ1n) is 11.9. The first-order valence-corrected chi connectivity index (χ1v) is 12.3. The van der Waals surface area contributed by atoms with Gasteiger partial charge in [0.05, 0.1) is 22.7 Å². The van der Waals surface area contributed by atoms with Gasteiger partial charge in [-0.05, 0) is 44.0 Å². The molecule has 7 nitrogen and oxygen atoms in total. The van der Waals surface area contributed by atoms with Crippen molar-refractivity contribution < 1.29 is 18.3 Å².